The van der Waals surface area contributed by atoms with E-state index in [1.807, 2.05) is 6.92 Å². The molecule has 0 fully saturated rings. The Hall–Kier alpha value is -1.84. The van der Waals surface area contributed by atoms with Crippen LogP contribution in [0.25, 0.3) is 0 Å². The fourth-order valence-corrected chi connectivity index (χ4v) is 3.28. The van der Waals surface area contributed by atoms with E-state index in [-0.39, 0.29) is 23.1 Å². The van der Waals surface area contributed by atoms with Gasteiger partial charge in [0, 0.05) is 0 Å². The number of benzene rings is 1. The quantitative estimate of drug-likeness (QED) is 0.322. The number of aromatic carboxylic acids is 1. The SMILES string of the molecule is CCCCCC[C@@H](C)CCC[C@@H](C)[C@H](C)OC(=O)c1ccccc1C(=O)O. The van der Waals surface area contributed by atoms with Crippen LogP contribution in [0, 0.1) is 11.8 Å². The predicted molar refractivity (Wildman–Crippen MR) is 109 cm³/mol. The molecule has 4 heteroatoms. The first-order valence-electron chi connectivity index (χ1n) is 10.4. The van der Waals surface area contributed by atoms with Gasteiger partial charge >= 0.3 is 11.9 Å². The molecule has 152 valence electrons. The normalized spacial score (nSPS) is 14.4. The molecule has 0 heterocycles. The third-order valence-electron chi connectivity index (χ3n) is 5.38. The van der Waals surface area contributed by atoms with E-state index >= 15 is 0 Å². The van der Waals surface area contributed by atoms with Gasteiger partial charge in [-0.25, -0.2) is 9.59 Å². The van der Waals surface area contributed by atoms with Crippen LogP contribution < -0.4 is 0 Å². The lowest BCUT2D eigenvalue weighted by Gasteiger charge is -2.21. The second-order valence-corrected chi connectivity index (χ2v) is 7.82. The summed E-state index contributed by atoms with van der Waals surface area (Å²) < 4.78 is 5.54. The second-order valence-electron chi connectivity index (χ2n) is 7.82. The number of carboxylic acid groups (broad SMARTS) is 1. The number of ether oxygens (including phenoxy) is 1. The number of unbranched alkanes of at least 4 members (excludes halogenated alkanes) is 3. The first-order chi connectivity index (χ1) is 12.9. The third kappa shape index (κ3) is 8.59. The molecule has 0 aromatic heterocycles. The minimum absolute atomic E-state index is 0.0146. The first kappa shape index (κ1) is 23.2. The van der Waals surface area contributed by atoms with Crippen molar-refractivity contribution in [3.05, 3.63) is 35.4 Å². The Morgan fingerprint density at radius 1 is 0.926 bits per heavy atom. The van der Waals surface area contributed by atoms with E-state index in [1.54, 1.807) is 12.1 Å². The highest BCUT2D eigenvalue weighted by molar-refractivity contribution is 6.02. The minimum atomic E-state index is -1.11. The zero-order valence-electron chi connectivity index (χ0n) is 17.4. The molecule has 0 unspecified atom stereocenters. The van der Waals surface area contributed by atoms with Gasteiger partial charge in [0.1, 0.15) is 6.10 Å². The number of carboxylic acids is 1. The van der Waals surface area contributed by atoms with E-state index in [9.17, 15) is 14.7 Å². The first-order valence-corrected chi connectivity index (χ1v) is 10.4. The van der Waals surface area contributed by atoms with Gasteiger partial charge in [0.2, 0.25) is 0 Å². The van der Waals surface area contributed by atoms with Crippen LogP contribution in [0.15, 0.2) is 24.3 Å². The number of carbonyl (C=O) groups excluding carboxylic acids is 1. The van der Waals surface area contributed by atoms with Gasteiger partial charge < -0.3 is 9.84 Å². The van der Waals surface area contributed by atoms with Crippen molar-refractivity contribution in [1.82, 2.24) is 0 Å². The Labute approximate surface area is 164 Å². The largest absolute Gasteiger partial charge is 0.478 e. The average molecular weight is 377 g/mol. The molecule has 0 spiro atoms. The van der Waals surface area contributed by atoms with Gasteiger partial charge in [0.15, 0.2) is 0 Å². The van der Waals surface area contributed by atoms with Crippen molar-refractivity contribution in [3.8, 4) is 0 Å². The summed E-state index contributed by atoms with van der Waals surface area (Å²) in [4.78, 5) is 23.6. The number of rotatable bonds is 13. The molecular formula is C23H36O4. The van der Waals surface area contributed by atoms with Gasteiger partial charge in [0.05, 0.1) is 11.1 Å². The zero-order valence-corrected chi connectivity index (χ0v) is 17.4. The van der Waals surface area contributed by atoms with Crippen LogP contribution in [0.4, 0.5) is 0 Å². The maximum atomic E-state index is 12.4. The Kier molecular flexibility index (Phi) is 10.8. The highest BCUT2D eigenvalue weighted by Gasteiger charge is 2.22. The fraction of sp³-hybridized carbons (Fsp3) is 0.652. The summed E-state index contributed by atoms with van der Waals surface area (Å²) in [5.41, 5.74) is 0.101. The topological polar surface area (TPSA) is 63.6 Å². The maximum Gasteiger partial charge on any atom is 0.339 e. The molecule has 3 atom stereocenters. The molecule has 1 aromatic carbocycles. The molecule has 0 aliphatic rings. The van der Waals surface area contributed by atoms with E-state index in [0.29, 0.717) is 0 Å². The van der Waals surface area contributed by atoms with Crippen LogP contribution in [-0.2, 0) is 4.74 Å². The van der Waals surface area contributed by atoms with Gasteiger partial charge in [-0.15, -0.1) is 0 Å². The van der Waals surface area contributed by atoms with E-state index in [0.717, 1.165) is 18.8 Å². The van der Waals surface area contributed by atoms with Gasteiger partial charge in [-0.3, -0.25) is 0 Å². The van der Waals surface area contributed by atoms with Crippen molar-refractivity contribution in [2.45, 2.75) is 85.2 Å². The van der Waals surface area contributed by atoms with E-state index < -0.39 is 11.9 Å². The van der Waals surface area contributed by atoms with Gasteiger partial charge in [-0.1, -0.05) is 77.8 Å². The lowest BCUT2D eigenvalue weighted by Crippen LogP contribution is -2.23. The van der Waals surface area contributed by atoms with Crippen molar-refractivity contribution in [3.63, 3.8) is 0 Å². The van der Waals surface area contributed by atoms with Crippen LogP contribution in [0.3, 0.4) is 0 Å². The van der Waals surface area contributed by atoms with E-state index in [4.69, 9.17) is 4.74 Å². The number of hydrogen-bond donors (Lipinski definition) is 1. The highest BCUT2D eigenvalue weighted by Crippen LogP contribution is 2.22. The lowest BCUT2D eigenvalue weighted by molar-refractivity contribution is 0.0199. The molecule has 0 aliphatic carbocycles. The van der Waals surface area contributed by atoms with Gasteiger partial charge in [-0.2, -0.15) is 0 Å². The molecule has 0 saturated carbocycles. The monoisotopic (exact) mass is 376 g/mol. The number of hydrogen-bond acceptors (Lipinski definition) is 3. The van der Waals surface area contributed by atoms with Crippen molar-refractivity contribution in [1.29, 1.82) is 0 Å². The molecule has 4 nitrogen and oxygen atoms in total. The molecular weight excluding hydrogens is 340 g/mol. The molecule has 0 amide bonds. The van der Waals surface area contributed by atoms with Crippen LogP contribution in [0.2, 0.25) is 0 Å². The van der Waals surface area contributed by atoms with Gasteiger partial charge in [0.25, 0.3) is 0 Å². The van der Waals surface area contributed by atoms with Crippen molar-refractivity contribution >= 4 is 11.9 Å². The zero-order chi connectivity index (χ0) is 20.2. The van der Waals surface area contributed by atoms with E-state index in [1.165, 1.54) is 50.7 Å². The summed E-state index contributed by atoms with van der Waals surface area (Å²) >= 11 is 0. The van der Waals surface area contributed by atoms with Crippen molar-refractivity contribution in [2.24, 2.45) is 11.8 Å². The summed E-state index contributed by atoms with van der Waals surface area (Å²) in [6.07, 6.45) is 9.67. The van der Waals surface area contributed by atoms with Crippen LogP contribution in [0.5, 0.6) is 0 Å². The Morgan fingerprint density at radius 2 is 1.56 bits per heavy atom. The van der Waals surface area contributed by atoms with Crippen molar-refractivity contribution in [2.75, 3.05) is 0 Å². The fourth-order valence-electron chi connectivity index (χ4n) is 3.28. The Balaban J connectivity index is 2.39. The predicted octanol–water partition coefficient (Wildman–Crippen LogP) is 6.34. The Bertz CT molecular complexity index is 581. The van der Waals surface area contributed by atoms with Crippen LogP contribution in [0.1, 0.15) is 99.8 Å². The Morgan fingerprint density at radius 3 is 2.19 bits per heavy atom. The van der Waals surface area contributed by atoms with Crippen molar-refractivity contribution < 1.29 is 19.4 Å². The summed E-state index contributed by atoms with van der Waals surface area (Å²) in [7, 11) is 0. The van der Waals surface area contributed by atoms with Crippen LogP contribution in [-0.4, -0.2) is 23.1 Å². The lowest BCUT2D eigenvalue weighted by atomic mass is 9.93. The summed E-state index contributed by atoms with van der Waals surface area (Å²) in [6, 6.07) is 6.19. The number of carbonyl (C=O) groups is 2. The summed E-state index contributed by atoms with van der Waals surface area (Å²) in [6.45, 7) is 8.54. The molecule has 1 aromatic rings. The number of esters is 1. The third-order valence-corrected chi connectivity index (χ3v) is 5.38. The smallest absolute Gasteiger partial charge is 0.339 e. The molecule has 0 bridgehead atoms. The molecule has 27 heavy (non-hydrogen) atoms. The van der Waals surface area contributed by atoms with Crippen LogP contribution >= 0.6 is 0 Å². The maximum absolute atomic E-state index is 12.4. The standard InChI is InChI=1S/C23H36O4/c1-5-6-7-8-12-17(2)13-11-14-18(3)19(4)27-23(26)21-16-10-9-15-20(21)22(24)25/h9-10,15-19H,5-8,11-14H2,1-4H3,(H,24,25)/t17-,18-,19+/m1/s1. The average Bonchev–Trinajstić information content (AvgIpc) is 2.65. The molecule has 0 radical (unpaired) electrons. The summed E-state index contributed by atoms with van der Waals surface area (Å²) in [5, 5.41) is 9.21. The molecule has 0 aliphatic heterocycles. The van der Waals surface area contributed by atoms with E-state index in [2.05, 4.69) is 20.8 Å². The molecule has 1 N–H and O–H groups in total. The minimum Gasteiger partial charge on any atom is -0.478 e. The molecule has 1 rings (SSSR count). The summed E-state index contributed by atoms with van der Waals surface area (Å²) in [5.74, 6) is -0.680. The molecule has 0 saturated heterocycles. The van der Waals surface area contributed by atoms with Gasteiger partial charge in [-0.05, 0) is 37.3 Å². The second kappa shape index (κ2) is 12.5. The highest BCUT2D eigenvalue weighted by atomic mass is 16.5.